The molecule has 0 saturated heterocycles. The average Bonchev–Trinajstić information content (AvgIpc) is 2.93. The Labute approximate surface area is 118 Å². The summed E-state index contributed by atoms with van der Waals surface area (Å²) in [6.45, 7) is 3.86. The van der Waals surface area contributed by atoms with Crippen LogP contribution >= 0.6 is 0 Å². The summed E-state index contributed by atoms with van der Waals surface area (Å²) >= 11 is 0. The van der Waals surface area contributed by atoms with E-state index in [9.17, 15) is 0 Å². The molecule has 0 unspecified atom stereocenters. The Bertz CT molecular complexity index is 640. The highest BCUT2D eigenvalue weighted by molar-refractivity contribution is 5.74. The molecule has 0 amide bonds. The summed E-state index contributed by atoms with van der Waals surface area (Å²) in [5.74, 6) is 0. The summed E-state index contributed by atoms with van der Waals surface area (Å²) in [5, 5.41) is 7.68. The number of aromatic nitrogens is 2. The molecule has 98 valence electrons. The van der Waals surface area contributed by atoms with E-state index in [1.165, 1.54) is 5.56 Å². The number of H-pyrrole nitrogens is 1. The summed E-state index contributed by atoms with van der Waals surface area (Å²) in [7, 11) is 0. The van der Waals surface area contributed by atoms with Crippen LogP contribution in [-0.4, -0.2) is 10.2 Å². The number of allylic oxidation sites excluding steroid dienone is 1. The van der Waals surface area contributed by atoms with Crippen LogP contribution in [0.5, 0.6) is 0 Å². The van der Waals surface area contributed by atoms with Gasteiger partial charge in [-0.15, -0.1) is 6.58 Å². The molecule has 0 spiro atoms. The first-order valence-electron chi connectivity index (χ1n) is 6.69. The van der Waals surface area contributed by atoms with Gasteiger partial charge in [0, 0.05) is 11.1 Å². The molecule has 1 heterocycles. The predicted molar refractivity (Wildman–Crippen MR) is 83.4 cm³/mol. The van der Waals surface area contributed by atoms with Crippen molar-refractivity contribution < 1.29 is 0 Å². The molecule has 2 heteroatoms. The molecule has 0 aliphatic carbocycles. The van der Waals surface area contributed by atoms with Crippen LogP contribution in [0.3, 0.4) is 0 Å². The molecule has 0 atom stereocenters. The van der Waals surface area contributed by atoms with E-state index < -0.39 is 0 Å². The number of benzene rings is 2. The zero-order valence-electron chi connectivity index (χ0n) is 11.2. The van der Waals surface area contributed by atoms with Gasteiger partial charge in [-0.05, 0) is 12.0 Å². The topological polar surface area (TPSA) is 28.7 Å². The average molecular weight is 260 g/mol. The van der Waals surface area contributed by atoms with Crippen LogP contribution in [0.15, 0.2) is 73.3 Å². The maximum absolute atomic E-state index is 4.51. The summed E-state index contributed by atoms with van der Waals surface area (Å²) in [5.41, 5.74) is 5.55. The van der Waals surface area contributed by atoms with Crippen molar-refractivity contribution in [2.45, 2.75) is 6.42 Å². The lowest BCUT2D eigenvalue weighted by molar-refractivity contribution is 1.10. The molecule has 0 aliphatic heterocycles. The van der Waals surface area contributed by atoms with Crippen molar-refractivity contribution in [3.8, 4) is 22.5 Å². The van der Waals surface area contributed by atoms with Crippen LogP contribution in [0.1, 0.15) is 5.56 Å². The molecule has 3 rings (SSSR count). The Morgan fingerprint density at radius 2 is 1.50 bits per heavy atom. The van der Waals surface area contributed by atoms with Gasteiger partial charge in [0.1, 0.15) is 0 Å². The maximum atomic E-state index is 4.51. The maximum Gasteiger partial charge on any atom is 0.0962 e. The van der Waals surface area contributed by atoms with Gasteiger partial charge in [-0.3, -0.25) is 5.10 Å². The molecule has 0 radical (unpaired) electrons. The molecule has 0 fully saturated rings. The van der Waals surface area contributed by atoms with E-state index in [1.807, 2.05) is 42.5 Å². The zero-order chi connectivity index (χ0) is 13.8. The predicted octanol–water partition coefficient (Wildman–Crippen LogP) is 4.47. The van der Waals surface area contributed by atoms with Crippen molar-refractivity contribution in [3.05, 3.63) is 78.9 Å². The van der Waals surface area contributed by atoms with E-state index >= 15 is 0 Å². The molecule has 0 aliphatic rings. The normalized spacial score (nSPS) is 10.4. The number of hydrogen-bond acceptors (Lipinski definition) is 1. The van der Waals surface area contributed by atoms with E-state index in [2.05, 4.69) is 41.0 Å². The summed E-state index contributed by atoms with van der Waals surface area (Å²) < 4.78 is 0. The van der Waals surface area contributed by atoms with Gasteiger partial charge >= 0.3 is 0 Å². The molecule has 3 aromatic rings. The lowest BCUT2D eigenvalue weighted by Crippen LogP contribution is -1.88. The number of nitrogens with zero attached hydrogens (tertiary/aromatic N) is 1. The van der Waals surface area contributed by atoms with Gasteiger partial charge in [-0.1, -0.05) is 66.7 Å². The fourth-order valence-electron chi connectivity index (χ4n) is 2.39. The molecule has 20 heavy (non-hydrogen) atoms. The summed E-state index contributed by atoms with van der Waals surface area (Å²) in [6, 6.07) is 20.5. The summed E-state index contributed by atoms with van der Waals surface area (Å²) in [6.07, 6.45) is 2.72. The smallest absolute Gasteiger partial charge is 0.0962 e. The lowest BCUT2D eigenvalue weighted by Gasteiger charge is -2.04. The Kier molecular flexibility index (Phi) is 3.46. The van der Waals surface area contributed by atoms with Crippen molar-refractivity contribution in [3.63, 3.8) is 0 Å². The highest BCUT2D eigenvalue weighted by Gasteiger charge is 2.14. The molecular formula is C18H16N2. The highest BCUT2D eigenvalue weighted by Crippen LogP contribution is 2.30. The SMILES string of the molecule is C=CCc1c(-c2ccccc2)n[nH]c1-c1ccccc1. The van der Waals surface area contributed by atoms with Gasteiger partial charge in [0.2, 0.25) is 0 Å². The van der Waals surface area contributed by atoms with Gasteiger partial charge < -0.3 is 0 Å². The van der Waals surface area contributed by atoms with E-state index in [0.717, 1.165) is 28.9 Å². The first-order chi connectivity index (χ1) is 9.90. The monoisotopic (exact) mass is 260 g/mol. The quantitative estimate of drug-likeness (QED) is 0.689. The van der Waals surface area contributed by atoms with E-state index in [-0.39, 0.29) is 0 Å². The molecule has 0 bridgehead atoms. The van der Waals surface area contributed by atoms with Gasteiger partial charge in [0.25, 0.3) is 0 Å². The lowest BCUT2D eigenvalue weighted by atomic mass is 10.00. The molecule has 0 saturated carbocycles. The van der Waals surface area contributed by atoms with Crippen LogP contribution in [-0.2, 0) is 6.42 Å². The largest absolute Gasteiger partial charge is 0.277 e. The third-order valence-electron chi connectivity index (χ3n) is 3.33. The van der Waals surface area contributed by atoms with Crippen LogP contribution in [0.2, 0.25) is 0 Å². The number of aromatic amines is 1. The van der Waals surface area contributed by atoms with E-state index in [4.69, 9.17) is 0 Å². The van der Waals surface area contributed by atoms with Gasteiger partial charge in [0.05, 0.1) is 11.4 Å². The highest BCUT2D eigenvalue weighted by atomic mass is 15.1. The van der Waals surface area contributed by atoms with Crippen molar-refractivity contribution in [2.24, 2.45) is 0 Å². The second-order valence-corrected chi connectivity index (χ2v) is 4.65. The second-order valence-electron chi connectivity index (χ2n) is 4.65. The first-order valence-corrected chi connectivity index (χ1v) is 6.69. The van der Waals surface area contributed by atoms with Crippen molar-refractivity contribution in [1.29, 1.82) is 0 Å². The third-order valence-corrected chi connectivity index (χ3v) is 3.33. The minimum Gasteiger partial charge on any atom is -0.277 e. The fraction of sp³-hybridized carbons (Fsp3) is 0.0556. The minimum atomic E-state index is 0.797. The zero-order valence-corrected chi connectivity index (χ0v) is 11.2. The van der Waals surface area contributed by atoms with Gasteiger partial charge in [0.15, 0.2) is 0 Å². The van der Waals surface area contributed by atoms with Gasteiger partial charge in [-0.25, -0.2) is 0 Å². The summed E-state index contributed by atoms with van der Waals surface area (Å²) in [4.78, 5) is 0. The van der Waals surface area contributed by atoms with Crippen LogP contribution < -0.4 is 0 Å². The second kappa shape index (κ2) is 5.57. The van der Waals surface area contributed by atoms with Crippen LogP contribution in [0.4, 0.5) is 0 Å². The Balaban J connectivity index is 2.14. The van der Waals surface area contributed by atoms with Crippen molar-refractivity contribution >= 4 is 0 Å². The first kappa shape index (κ1) is 12.4. The molecule has 1 aromatic heterocycles. The van der Waals surface area contributed by atoms with Crippen molar-refractivity contribution in [2.75, 3.05) is 0 Å². The van der Waals surface area contributed by atoms with E-state index in [1.54, 1.807) is 0 Å². The minimum absolute atomic E-state index is 0.797. The Morgan fingerprint density at radius 3 is 2.10 bits per heavy atom. The van der Waals surface area contributed by atoms with E-state index in [0.29, 0.717) is 0 Å². The third kappa shape index (κ3) is 2.28. The molecule has 1 N–H and O–H groups in total. The Morgan fingerprint density at radius 1 is 0.900 bits per heavy atom. The number of hydrogen-bond donors (Lipinski definition) is 1. The Hall–Kier alpha value is -2.61. The number of nitrogens with one attached hydrogen (secondary N) is 1. The van der Waals surface area contributed by atoms with Crippen LogP contribution in [0, 0.1) is 0 Å². The van der Waals surface area contributed by atoms with Crippen LogP contribution in [0.25, 0.3) is 22.5 Å². The van der Waals surface area contributed by atoms with Crippen molar-refractivity contribution in [1.82, 2.24) is 10.2 Å². The molecule has 2 nitrogen and oxygen atoms in total. The van der Waals surface area contributed by atoms with Gasteiger partial charge in [-0.2, -0.15) is 5.10 Å². The number of rotatable bonds is 4. The molecular weight excluding hydrogens is 244 g/mol. The fourth-order valence-corrected chi connectivity index (χ4v) is 2.39. The molecule has 2 aromatic carbocycles. The standard InChI is InChI=1S/C18H16N2/c1-2-9-16-17(14-10-5-3-6-11-14)19-20-18(16)15-12-7-4-8-13-15/h2-8,10-13H,1,9H2,(H,19,20).